The van der Waals surface area contributed by atoms with E-state index in [1.165, 1.54) is 62.8 Å². The molecule has 34 heavy (non-hydrogen) atoms. The van der Waals surface area contributed by atoms with Crippen LogP contribution in [0.15, 0.2) is 65.7 Å². The molecular weight excluding hydrogens is 444 g/mol. The molecule has 1 aliphatic rings. The van der Waals surface area contributed by atoms with Gasteiger partial charge in [0.2, 0.25) is 17.5 Å². The minimum atomic E-state index is -1.38. The number of aryl methyl sites for hydroxylation is 1. The van der Waals surface area contributed by atoms with Crippen LogP contribution in [0.4, 0.5) is 14.6 Å². The quantitative estimate of drug-likeness (QED) is 0.429. The first-order valence-corrected chi connectivity index (χ1v) is 10.3. The minimum Gasteiger partial charge on any atom is -0.359 e. The monoisotopic (exact) mass is 463 g/mol. The number of fused-ring (bicyclic) bond motifs is 1. The van der Waals surface area contributed by atoms with Crippen molar-refractivity contribution in [1.29, 1.82) is 5.41 Å². The number of halogens is 2. The molecule has 0 spiro atoms. The molecule has 5 rings (SSSR count). The number of pyridine rings is 2. The molecule has 4 aromatic rings. The summed E-state index contributed by atoms with van der Waals surface area (Å²) >= 11 is 0. The summed E-state index contributed by atoms with van der Waals surface area (Å²) in [6, 6.07) is 11.4. The van der Waals surface area contributed by atoms with Crippen LogP contribution in [0.2, 0.25) is 0 Å². The molecule has 0 radical (unpaired) electrons. The van der Waals surface area contributed by atoms with E-state index in [4.69, 9.17) is 5.41 Å². The van der Waals surface area contributed by atoms with E-state index in [9.17, 15) is 18.7 Å². The first kappa shape index (κ1) is 21.6. The zero-order valence-corrected chi connectivity index (χ0v) is 17.9. The largest absolute Gasteiger partial charge is 0.359 e. The van der Waals surface area contributed by atoms with Crippen molar-refractivity contribution >= 4 is 5.82 Å². The molecule has 0 bridgehead atoms. The average molecular weight is 463 g/mol. The average Bonchev–Trinajstić information content (AvgIpc) is 3.14. The maximum atomic E-state index is 14.2. The van der Waals surface area contributed by atoms with Crippen LogP contribution in [0.3, 0.4) is 0 Å². The molecule has 1 aliphatic heterocycles. The Morgan fingerprint density at radius 3 is 2.56 bits per heavy atom. The number of hydrazine groups is 1. The number of hydrogen-bond acceptors (Lipinski definition) is 7. The van der Waals surface area contributed by atoms with E-state index in [1.54, 1.807) is 19.3 Å². The fourth-order valence-electron chi connectivity index (χ4n) is 3.87. The predicted molar refractivity (Wildman–Crippen MR) is 119 cm³/mol. The lowest BCUT2D eigenvalue weighted by Crippen LogP contribution is -2.33. The van der Waals surface area contributed by atoms with E-state index < -0.39 is 18.0 Å². The van der Waals surface area contributed by atoms with Crippen LogP contribution in [-0.2, 0) is 13.6 Å². The van der Waals surface area contributed by atoms with Crippen molar-refractivity contribution in [1.82, 2.24) is 24.1 Å². The molecule has 172 valence electrons. The van der Waals surface area contributed by atoms with Crippen molar-refractivity contribution in [2.24, 2.45) is 7.05 Å². The zero-order chi connectivity index (χ0) is 24.0. The summed E-state index contributed by atoms with van der Waals surface area (Å²) in [7, 11) is 1.60. The van der Waals surface area contributed by atoms with E-state index in [2.05, 4.69) is 15.4 Å². The normalized spacial score (nSPS) is 15.2. The Morgan fingerprint density at radius 2 is 1.85 bits per heavy atom. The van der Waals surface area contributed by atoms with Crippen molar-refractivity contribution in [2.45, 2.75) is 12.9 Å². The van der Waals surface area contributed by atoms with Gasteiger partial charge in [0.25, 0.3) is 0 Å². The number of hydrogen-bond donors (Lipinski definition) is 3. The van der Waals surface area contributed by atoms with Crippen molar-refractivity contribution in [3.63, 3.8) is 0 Å². The summed E-state index contributed by atoms with van der Waals surface area (Å²) in [5, 5.41) is 20.7. The van der Waals surface area contributed by atoms with Crippen LogP contribution in [0.5, 0.6) is 0 Å². The smallest absolute Gasteiger partial charge is 0.250 e. The molecule has 0 fully saturated rings. The summed E-state index contributed by atoms with van der Waals surface area (Å²) in [5.74, 6) is -0.653. The second-order valence-electron chi connectivity index (χ2n) is 7.77. The number of aliphatic hydroxyl groups is 1. The molecule has 0 aliphatic carbocycles. The molecule has 11 heteroatoms. The zero-order valence-electron chi connectivity index (χ0n) is 17.9. The molecule has 0 saturated carbocycles. The van der Waals surface area contributed by atoms with E-state index in [1.807, 2.05) is 0 Å². The Bertz CT molecular complexity index is 1520. The fraction of sp³-hybridized carbons (Fsp3) is 0.130. The van der Waals surface area contributed by atoms with Crippen molar-refractivity contribution in [3.8, 4) is 22.4 Å². The van der Waals surface area contributed by atoms with E-state index in [0.717, 1.165) is 0 Å². The Hall–Kier alpha value is -4.22. The van der Waals surface area contributed by atoms with Crippen LogP contribution in [0, 0.1) is 17.0 Å². The second kappa shape index (κ2) is 8.28. The molecule has 4 heterocycles. The van der Waals surface area contributed by atoms with E-state index in [0.29, 0.717) is 28.2 Å². The highest BCUT2D eigenvalue weighted by Gasteiger charge is 2.33. The third-order valence-corrected chi connectivity index (χ3v) is 5.57. The highest BCUT2D eigenvalue weighted by Crippen LogP contribution is 2.39. The predicted octanol–water partition coefficient (Wildman–Crippen LogP) is 2.36. The Labute approximate surface area is 191 Å². The molecule has 0 amide bonds. The van der Waals surface area contributed by atoms with Gasteiger partial charge >= 0.3 is 0 Å². The van der Waals surface area contributed by atoms with Gasteiger partial charge in [0, 0.05) is 36.6 Å². The van der Waals surface area contributed by atoms with Crippen molar-refractivity contribution in [2.75, 3.05) is 5.43 Å². The van der Waals surface area contributed by atoms with E-state index in [-0.39, 0.29) is 23.4 Å². The Balaban J connectivity index is 1.70. The molecule has 1 aromatic carbocycles. The van der Waals surface area contributed by atoms with Gasteiger partial charge in [0.05, 0.1) is 23.5 Å². The van der Waals surface area contributed by atoms with Gasteiger partial charge in [-0.2, -0.15) is 5.01 Å². The highest BCUT2D eigenvalue weighted by molar-refractivity contribution is 5.88. The number of benzene rings is 1. The Kier molecular flexibility index (Phi) is 5.27. The minimum absolute atomic E-state index is 0.101. The van der Waals surface area contributed by atoms with Gasteiger partial charge in [-0.05, 0) is 42.5 Å². The lowest BCUT2D eigenvalue weighted by atomic mass is 10.0. The van der Waals surface area contributed by atoms with Gasteiger partial charge in [0.1, 0.15) is 17.5 Å². The van der Waals surface area contributed by atoms with Crippen LogP contribution < -0.4 is 16.6 Å². The number of nitrogens with one attached hydrogen (secondary N) is 2. The highest BCUT2D eigenvalue weighted by atomic mass is 19.1. The first-order valence-electron chi connectivity index (χ1n) is 10.3. The molecule has 3 aromatic heterocycles. The lowest BCUT2D eigenvalue weighted by molar-refractivity contribution is -0.0283. The maximum absolute atomic E-state index is 14.2. The van der Waals surface area contributed by atoms with Gasteiger partial charge in [-0.1, -0.05) is 0 Å². The van der Waals surface area contributed by atoms with Crippen LogP contribution in [0.25, 0.3) is 22.4 Å². The van der Waals surface area contributed by atoms with Crippen molar-refractivity contribution < 1.29 is 13.9 Å². The van der Waals surface area contributed by atoms with E-state index >= 15 is 0 Å². The van der Waals surface area contributed by atoms with Crippen LogP contribution in [0.1, 0.15) is 12.0 Å². The molecule has 9 nitrogen and oxygen atoms in total. The third kappa shape index (κ3) is 3.66. The van der Waals surface area contributed by atoms with Gasteiger partial charge in [0.15, 0.2) is 0 Å². The maximum Gasteiger partial charge on any atom is 0.250 e. The van der Waals surface area contributed by atoms with Crippen LogP contribution >= 0.6 is 0 Å². The summed E-state index contributed by atoms with van der Waals surface area (Å²) < 4.78 is 30.4. The number of aromatic nitrogens is 4. The standard InChI is InChI=1S/C23H19F2N7O2/c1-30-11-14(6-9-18(30)33)19-20(13-4-7-15(24)8-5-13)28-22(26)32-21(19)29-31(23(32)34)12-17-16(25)3-2-10-27-17/h2-11,23,26,29,34H,12H2,1H3. The molecule has 0 saturated heterocycles. The van der Waals surface area contributed by atoms with Gasteiger partial charge < -0.3 is 9.67 Å². The van der Waals surface area contributed by atoms with Crippen LogP contribution in [-0.4, -0.2) is 29.2 Å². The Morgan fingerprint density at radius 1 is 1.12 bits per heavy atom. The van der Waals surface area contributed by atoms with Crippen molar-refractivity contribution in [3.05, 3.63) is 94.2 Å². The number of anilines is 1. The second-order valence-corrected chi connectivity index (χ2v) is 7.77. The summed E-state index contributed by atoms with van der Waals surface area (Å²) in [6.07, 6.45) is 1.66. The summed E-state index contributed by atoms with van der Waals surface area (Å²) in [5.41, 5.74) is 4.58. The topological polar surface area (TPSA) is 112 Å². The van der Waals surface area contributed by atoms with Gasteiger partial charge in [-0.3, -0.25) is 25.2 Å². The fourth-order valence-corrected chi connectivity index (χ4v) is 3.87. The molecule has 1 atom stereocenters. The molecular formula is C23H19F2N7O2. The van der Waals surface area contributed by atoms with Gasteiger partial charge in [-0.15, -0.1) is 0 Å². The first-order chi connectivity index (χ1) is 16.3. The number of rotatable bonds is 4. The SMILES string of the molecule is Cn1cc(-c2c(-c3ccc(F)cc3)nc(=N)n3c2NN(Cc2ncccc2F)C3O)ccc1=O. The number of nitrogens with zero attached hydrogens (tertiary/aromatic N) is 5. The van der Waals surface area contributed by atoms with Gasteiger partial charge in [-0.25, -0.2) is 13.8 Å². The third-order valence-electron chi connectivity index (χ3n) is 5.57. The molecule has 1 unspecified atom stereocenters. The lowest BCUT2D eigenvalue weighted by Gasteiger charge is -2.19. The molecule has 3 N–H and O–H groups in total. The summed E-state index contributed by atoms with van der Waals surface area (Å²) in [6.45, 7) is -0.104. The number of aliphatic hydroxyl groups excluding tert-OH is 1. The summed E-state index contributed by atoms with van der Waals surface area (Å²) in [4.78, 5) is 20.4.